The summed E-state index contributed by atoms with van der Waals surface area (Å²) in [5.41, 5.74) is 2.34. The van der Waals surface area contributed by atoms with Crippen LogP contribution >= 0.6 is 0 Å². The van der Waals surface area contributed by atoms with Crippen molar-refractivity contribution in [1.82, 2.24) is 0 Å². The SMILES string of the molecule is C=C(CC(=O)O)C(=O)/C(=C(\O)C1(/C=C\Cc2ccc(-c3ccccc3)cc2)CCCCC1)[C@H](C)O. The normalized spacial score (nSPS) is 17.0. The fourth-order valence-corrected chi connectivity index (χ4v) is 4.77. The van der Waals surface area contributed by atoms with Crippen molar-refractivity contribution in [3.63, 3.8) is 0 Å². The molecule has 0 unspecified atom stereocenters. The number of carbonyl (C=O) groups is 2. The highest BCUT2D eigenvalue weighted by Gasteiger charge is 2.38. The van der Waals surface area contributed by atoms with Crippen LogP contribution in [0, 0.1) is 5.41 Å². The van der Waals surface area contributed by atoms with E-state index in [-0.39, 0.29) is 16.9 Å². The third-order valence-corrected chi connectivity index (χ3v) is 6.67. The second-order valence-electron chi connectivity index (χ2n) is 9.33. The monoisotopic (exact) mass is 474 g/mol. The van der Waals surface area contributed by atoms with E-state index in [1.807, 2.05) is 30.4 Å². The molecule has 1 saturated carbocycles. The number of hydrogen-bond donors (Lipinski definition) is 3. The Morgan fingerprint density at radius 2 is 1.57 bits per heavy atom. The Bertz CT molecular complexity index is 1100. The molecule has 1 aliphatic carbocycles. The first-order chi connectivity index (χ1) is 16.7. The molecule has 5 heteroatoms. The van der Waals surface area contributed by atoms with E-state index in [1.54, 1.807) is 0 Å². The maximum absolute atomic E-state index is 12.9. The number of Topliss-reactive ketones (excluding diaryl/α,β-unsaturated/α-hetero) is 1. The molecule has 184 valence electrons. The van der Waals surface area contributed by atoms with Crippen LogP contribution in [0.5, 0.6) is 0 Å². The molecular formula is C30H34O5. The van der Waals surface area contributed by atoms with Gasteiger partial charge in [0.15, 0.2) is 5.78 Å². The number of carboxylic acid groups (broad SMARTS) is 1. The van der Waals surface area contributed by atoms with Gasteiger partial charge in [-0.25, -0.2) is 0 Å². The Kier molecular flexibility index (Phi) is 8.83. The van der Waals surface area contributed by atoms with Crippen LogP contribution in [0.2, 0.25) is 0 Å². The first-order valence-electron chi connectivity index (χ1n) is 12.1. The largest absolute Gasteiger partial charge is 0.511 e. The Morgan fingerprint density at radius 3 is 2.14 bits per heavy atom. The number of ketones is 1. The first kappa shape index (κ1) is 26.2. The summed E-state index contributed by atoms with van der Waals surface area (Å²) >= 11 is 0. The maximum atomic E-state index is 12.9. The molecule has 1 fully saturated rings. The van der Waals surface area contributed by atoms with Gasteiger partial charge in [-0.15, -0.1) is 0 Å². The highest BCUT2D eigenvalue weighted by molar-refractivity contribution is 6.10. The van der Waals surface area contributed by atoms with Crippen LogP contribution in [0.15, 0.2) is 90.2 Å². The molecule has 3 rings (SSSR count). The van der Waals surface area contributed by atoms with Crippen LogP contribution in [0.25, 0.3) is 11.1 Å². The van der Waals surface area contributed by atoms with Gasteiger partial charge >= 0.3 is 5.97 Å². The summed E-state index contributed by atoms with van der Waals surface area (Å²) in [6.07, 6.45) is 6.96. The molecule has 1 atom stereocenters. The van der Waals surface area contributed by atoms with Crippen LogP contribution in [0.4, 0.5) is 0 Å². The van der Waals surface area contributed by atoms with E-state index in [0.29, 0.717) is 19.3 Å². The number of aliphatic carboxylic acids is 1. The molecule has 0 aromatic heterocycles. The van der Waals surface area contributed by atoms with Crippen LogP contribution in [0.1, 0.15) is 51.0 Å². The van der Waals surface area contributed by atoms with E-state index in [1.165, 1.54) is 6.92 Å². The summed E-state index contributed by atoms with van der Waals surface area (Å²) in [6, 6.07) is 18.5. The number of carbonyl (C=O) groups excluding carboxylic acids is 1. The van der Waals surface area contributed by atoms with Crippen LogP contribution < -0.4 is 0 Å². The zero-order chi connectivity index (χ0) is 25.4. The Hall–Kier alpha value is -3.44. The van der Waals surface area contributed by atoms with Crippen LogP contribution in [0.3, 0.4) is 0 Å². The van der Waals surface area contributed by atoms with Crippen molar-refractivity contribution in [3.05, 3.63) is 95.8 Å². The number of allylic oxidation sites excluding steroid dienone is 2. The van der Waals surface area contributed by atoms with E-state index >= 15 is 0 Å². The quantitative estimate of drug-likeness (QED) is 0.217. The molecule has 0 radical (unpaired) electrons. The molecule has 0 heterocycles. The van der Waals surface area contributed by atoms with Crippen molar-refractivity contribution in [2.24, 2.45) is 5.41 Å². The number of carboxylic acids is 1. The van der Waals surface area contributed by atoms with E-state index in [9.17, 15) is 19.8 Å². The molecule has 3 N–H and O–H groups in total. The summed E-state index contributed by atoms with van der Waals surface area (Å²) in [6.45, 7) is 4.98. The number of aliphatic hydroxyl groups excluding tert-OH is 2. The minimum Gasteiger partial charge on any atom is -0.511 e. The van der Waals surface area contributed by atoms with Crippen molar-refractivity contribution in [2.75, 3.05) is 0 Å². The summed E-state index contributed by atoms with van der Waals surface area (Å²) in [4.78, 5) is 24.0. The average Bonchev–Trinajstić information content (AvgIpc) is 2.85. The molecule has 0 aliphatic heterocycles. The average molecular weight is 475 g/mol. The van der Waals surface area contributed by atoms with Crippen molar-refractivity contribution in [3.8, 4) is 11.1 Å². The molecule has 2 aromatic rings. The fourth-order valence-electron chi connectivity index (χ4n) is 4.77. The molecule has 0 saturated heterocycles. The van der Waals surface area contributed by atoms with Crippen LogP contribution in [-0.2, 0) is 16.0 Å². The van der Waals surface area contributed by atoms with Gasteiger partial charge in [0.2, 0.25) is 0 Å². The molecule has 0 spiro atoms. The van der Waals surface area contributed by atoms with Gasteiger partial charge in [0, 0.05) is 11.0 Å². The summed E-state index contributed by atoms with van der Waals surface area (Å²) in [5, 5.41) is 30.7. The molecule has 0 amide bonds. The Labute approximate surface area is 207 Å². The number of rotatable bonds is 10. The van der Waals surface area contributed by atoms with E-state index in [4.69, 9.17) is 5.11 Å². The lowest BCUT2D eigenvalue weighted by Gasteiger charge is -2.36. The predicted octanol–water partition coefficient (Wildman–Crippen LogP) is 6.20. The molecule has 1 aliphatic rings. The predicted molar refractivity (Wildman–Crippen MR) is 138 cm³/mol. The molecule has 35 heavy (non-hydrogen) atoms. The smallest absolute Gasteiger partial charge is 0.307 e. The summed E-state index contributed by atoms with van der Waals surface area (Å²) in [7, 11) is 0. The van der Waals surface area contributed by atoms with Gasteiger partial charge in [0.05, 0.1) is 18.1 Å². The highest BCUT2D eigenvalue weighted by Crippen LogP contribution is 2.45. The fraction of sp³-hybridized carbons (Fsp3) is 0.333. The minimum absolute atomic E-state index is 0.157. The maximum Gasteiger partial charge on any atom is 0.307 e. The zero-order valence-electron chi connectivity index (χ0n) is 20.2. The van der Waals surface area contributed by atoms with Crippen molar-refractivity contribution in [2.45, 2.75) is 58.0 Å². The van der Waals surface area contributed by atoms with Gasteiger partial charge in [0.1, 0.15) is 5.76 Å². The van der Waals surface area contributed by atoms with Gasteiger partial charge in [-0.2, -0.15) is 0 Å². The topological polar surface area (TPSA) is 94.8 Å². The lowest BCUT2D eigenvalue weighted by molar-refractivity contribution is -0.136. The van der Waals surface area contributed by atoms with Gasteiger partial charge in [0.25, 0.3) is 0 Å². The number of benzene rings is 2. The van der Waals surface area contributed by atoms with Crippen LogP contribution in [-0.4, -0.2) is 33.2 Å². The Balaban J connectivity index is 1.85. The van der Waals surface area contributed by atoms with E-state index in [2.05, 4.69) is 43.0 Å². The van der Waals surface area contributed by atoms with Gasteiger partial charge in [-0.05, 0) is 42.9 Å². The number of hydrogen-bond acceptors (Lipinski definition) is 4. The second kappa shape index (κ2) is 11.8. The molecule has 5 nitrogen and oxygen atoms in total. The number of aliphatic hydroxyl groups is 2. The van der Waals surface area contributed by atoms with Gasteiger partial charge in [-0.3, -0.25) is 9.59 Å². The standard InChI is InChI=1S/C30H34O5/c1-21(20-26(32)33)28(34)27(22(2)31)29(35)30(17-7-4-8-18-30)19-9-10-23-13-15-25(16-14-23)24-11-5-3-6-12-24/h3,5-6,9,11-16,19,22,31,35H,1,4,7-8,10,17-18,20H2,2H3,(H,32,33)/b19-9-,29-27-/t22-/m0/s1. The van der Waals surface area contributed by atoms with Crippen molar-refractivity contribution < 1.29 is 24.9 Å². The lowest BCUT2D eigenvalue weighted by atomic mass is 9.70. The Morgan fingerprint density at radius 1 is 0.971 bits per heavy atom. The van der Waals surface area contributed by atoms with Crippen molar-refractivity contribution >= 4 is 11.8 Å². The molecular weight excluding hydrogens is 440 g/mol. The second-order valence-corrected chi connectivity index (χ2v) is 9.33. The van der Waals surface area contributed by atoms with E-state index in [0.717, 1.165) is 36.0 Å². The third-order valence-electron chi connectivity index (χ3n) is 6.67. The minimum atomic E-state index is -1.24. The molecule has 2 aromatic carbocycles. The summed E-state index contributed by atoms with van der Waals surface area (Å²) < 4.78 is 0. The van der Waals surface area contributed by atoms with Gasteiger partial charge < -0.3 is 15.3 Å². The van der Waals surface area contributed by atoms with Crippen molar-refractivity contribution in [1.29, 1.82) is 0 Å². The van der Waals surface area contributed by atoms with Gasteiger partial charge in [-0.1, -0.05) is 92.6 Å². The van der Waals surface area contributed by atoms with E-state index < -0.39 is 29.7 Å². The third kappa shape index (κ3) is 6.58. The first-order valence-corrected chi connectivity index (χ1v) is 12.1. The lowest BCUT2D eigenvalue weighted by Crippen LogP contribution is -2.30. The summed E-state index contributed by atoms with van der Waals surface area (Å²) in [5.74, 6) is -2.05. The molecule has 0 bridgehead atoms. The highest BCUT2D eigenvalue weighted by atomic mass is 16.4. The zero-order valence-corrected chi connectivity index (χ0v) is 20.2.